The Balaban J connectivity index is 2.05. The molecule has 1 aromatic heterocycles. The third-order valence-corrected chi connectivity index (χ3v) is 4.73. The van der Waals surface area contributed by atoms with E-state index in [1.54, 1.807) is 0 Å². The predicted octanol–water partition coefficient (Wildman–Crippen LogP) is 2.59. The zero-order valence-electron chi connectivity index (χ0n) is 13.1. The Bertz CT molecular complexity index is 435. The van der Waals surface area contributed by atoms with Crippen LogP contribution in [0.3, 0.4) is 0 Å². The van der Waals surface area contributed by atoms with Crippen molar-refractivity contribution in [3.05, 3.63) is 16.4 Å². The van der Waals surface area contributed by atoms with Crippen molar-refractivity contribution in [1.82, 2.24) is 20.0 Å². The van der Waals surface area contributed by atoms with E-state index in [2.05, 4.69) is 29.2 Å². The molecule has 1 aromatic rings. The topological polar surface area (TPSA) is 33.1 Å². The Hall–Kier alpha value is -0.580. The molecule has 4 nitrogen and oxygen atoms in total. The molecule has 1 atom stereocenters. The van der Waals surface area contributed by atoms with Crippen molar-refractivity contribution < 1.29 is 0 Å². The number of nitrogens with zero attached hydrogens (tertiary/aromatic N) is 3. The summed E-state index contributed by atoms with van der Waals surface area (Å²) in [5, 5.41) is 8.73. The molecule has 1 unspecified atom stereocenters. The second-order valence-corrected chi connectivity index (χ2v) is 6.58. The monoisotopic (exact) mass is 298 g/mol. The Labute approximate surface area is 127 Å². The number of aromatic nitrogens is 2. The number of aryl methyl sites for hydroxylation is 2. The van der Waals surface area contributed by atoms with Gasteiger partial charge in [-0.3, -0.25) is 9.58 Å². The van der Waals surface area contributed by atoms with E-state index in [-0.39, 0.29) is 0 Å². The van der Waals surface area contributed by atoms with Crippen molar-refractivity contribution in [1.29, 1.82) is 0 Å². The molecule has 2 rings (SSSR count). The van der Waals surface area contributed by atoms with Crippen LogP contribution in [0.2, 0.25) is 5.02 Å². The summed E-state index contributed by atoms with van der Waals surface area (Å²) in [6, 6.07) is 0.517. The van der Waals surface area contributed by atoms with Crippen LogP contribution in [0.5, 0.6) is 0 Å². The molecule has 1 N–H and O–H groups in total. The lowest BCUT2D eigenvalue weighted by molar-refractivity contribution is 0.160. The smallest absolute Gasteiger partial charge is 0.0860 e. The molecule has 0 saturated carbocycles. The first-order valence-electron chi connectivity index (χ1n) is 7.61. The van der Waals surface area contributed by atoms with Crippen LogP contribution in [0.1, 0.15) is 38.1 Å². The summed E-state index contributed by atoms with van der Waals surface area (Å²) in [7, 11) is 1.98. The lowest BCUT2D eigenvalue weighted by Gasteiger charge is -2.32. The molecule has 2 heterocycles. The van der Waals surface area contributed by atoms with Crippen LogP contribution in [-0.4, -0.2) is 40.4 Å². The third kappa shape index (κ3) is 3.74. The number of hydrogen-bond acceptors (Lipinski definition) is 3. The second-order valence-electron chi connectivity index (χ2n) is 6.21. The fourth-order valence-corrected chi connectivity index (χ4v) is 3.13. The maximum absolute atomic E-state index is 6.38. The quantitative estimate of drug-likeness (QED) is 0.907. The molecule has 1 fully saturated rings. The summed E-state index contributed by atoms with van der Waals surface area (Å²) >= 11 is 6.38. The molecule has 0 spiro atoms. The molecule has 20 heavy (non-hydrogen) atoms. The largest absolute Gasteiger partial charge is 0.316 e. The molecular formula is C15H27ClN4. The molecular weight excluding hydrogens is 272 g/mol. The minimum absolute atomic E-state index is 0.517. The van der Waals surface area contributed by atoms with Gasteiger partial charge in [-0.15, -0.1) is 0 Å². The average Bonchev–Trinajstić information content (AvgIpc) is 2.65. The van der Waals surface area contributed by atoms with E-state index in [1.807, 2.05) is 18.7 Å². The first kappa shape index (κ1) is 15.8. The SMILES string of the molecule is Cc1nn(C)c(CN(CC2CCCNC2)C(C)C)c1Cl. The molecule has 0 aromatic carbocycles. The Morgan fingerprint density at radius 3 is 2.75 bits per heavy atom. The van der Waals surface area contributed by atoms with Gasteiger partial charge in [0.15, 0.2) is 0 Å². The van der Waals surface area contributed by atoms with Gasteiger partial charge in [0.2, 0.25) is 0 Å². The van der Waals surface area contributed by atoms with E-state index >= 15 is 0 Å². The summed E-state index contributed by atoms with van der Waals surface area (Å²) in [5.74, 6) is 0.749. The first-order chi connectivity index (χ1) is 9.49. The molecule has 5 heteroatoms. The number of nitrogens with one attached hydrogen (secondary N) is 1. The van der Waals surface area contributed by atoms with E-state index in [4.69, 9.17) is 11.6 Å². The standard InChI is InChI=1S/C15H27ClN4/c1-11(2)20(9-13-6-5-7-17-8-13)10-14-15(16)12(3)18-19(14)4/h11,13,17H,5-10H2,1-4H3. The summed E-state index contributed by atoms with van der Waals surface area (Å²) in [5.41, 5.74) is 2.05. The van der Waals surface area contributed by atoms with Crippen LogP contribution in [-0.2, 0) is 13.6 Å². The number of hydrogen-bond donors (Lipinski definition) is 1. The fraction of sp³-hybridized carbons (Fsp3) is 0.800. The molecule has 0 radical (unpaired) electrons. The van der Waals surface area contributed by atoms with Gasteiger partial charge in [0.1, 0.15) is 0 Å². The highest BCUT2D eigenvalue weighted by molar-refractivity contribution is 6.31. The van der Waals surface area contributed by atoms with Gasteiger partial charge in [0, 0.05) is 26.2 Å². The summed E-state index contributed by atoms with van der Waals surface area (Å²) in [6.07, 6.45) is 2.62. The number of piperidine rings is 1. The van der Waals surface area contributed by atoms with E-state index in [1.165, 1.54) is 19.4 Å². The fourth-order valence-electron chi connectivity index (χ4n) is 2.91. The summed E-state index contributed by atoms with van der Waals surface area (Å²) in [6.45, 7) is 10.8. The number of halogens is 1. The summed E-state index contributed by atoms with van der Waals surface area (Å²) < 4.78 is 1.92. The van der Waals surface area contributed by atoms with E-state index in [9.17, 15) is 0 Å². The average molecular weight is 299 g/mol. The zero-order valence-corrected chi connectivity index (χ0v) is 13.9. The van der Waals surface area contributed by atoms with Crippen molar-refractivity contribution in [2.45, 2.75) is 46.2 Å². The summed E-state index contributed by atoms with van der Waals surface area (Å²) in [4.78, 5) is 2.51. The minimum atomic E-state index is 0.517. The minimum Gasteiger partial charge on any atom is -0.316 e. The van der Waals surface area contributed by atoms with Crippen molar-refractivity contribution in [2.24, 2.45) is 13.0 Å². The van der Waals surface area contributed by atoms with Gasteiger partial charge in [0.25, 0.3) is 0 Å². The number of rotatable bonds is 5. The van der Waals surface area contributed by atoms with Gasteiger partial charge < -0.3 is 5.32 Å². The molecule has 1 aliphatic rings. The van der Waals surface area contributed by atoms with Crippen LogP contribution >= 0.6 is 11.6 Å². The third-order valence-electron chi connectivity index (χ3n) is 4.24. The Morgan fingerprint density at radius 1 is 1.50 bits per heavy atom. The lowest BCUT2D eigenvalue weighted by atomic mass is 9.98. The predicted molar refractivity (Wildman–Crippen MR) is 84.1 cm³/mol. The van der Waals surface area contributed by atoms with E-state index in [0.717, 1.165) is 42.0 Å². The molecule has 1 saturated heterocycles. The van der Waals surface area contributed by atoms with Crippen molar-refractivity contribution >= 4 is 11.6 Å². The van der Waals surface area contributed by atoms with Crippen LogP contribution in [0.15, 0.2) is 0 Å². The second kappa shape index (κ2) is 6.92. The van der Waals surface area contributed by atoms with Gasteiger partial charge in [-0.1, -0.05) is 11.6 Å². The molecule has 0 amide bonds. The van der Waals surface area contributed by atoms with Crippen molar-refractivity contribution in [3.63, 3.8) is 0 Å². The van der Waals surface area contributed by atoms with Crippen LogP contribution in [0.25, 0.3) is 0 Å². The van der Waals surface area contributed by atoms with E-state index in [0.29, 0.717) is 6.04 Å². The maximum Gasteiger partial charge on any atom is 0.0860 e. The van der Waals surface area contributed by atoms with Crippen LogP contribution in [0, 0.1) is 12.8 Å². The first-order valence-corrected chi connectivity index (χ1v) is 7.99. The van der Waals surface area contributed by atoms with Gasteiger partial charge in [-0.2, -0.15) is 5.10 Å². The highest BCUT2D eigenvalue weighted by Crippen LogP contribution is 2.23. The Kier molecular flexibility index (Phi) is 5.47. The normalized spacial score (nSPS) is 20.1. The van der Waals surface area contributed by atoms with Crippen molar-refractivity contribution in [3.8, 4) is 0 Å². The highest BCUT2D eigenvalue weighted by Gasteiger charge is 2.21. The molecule has 0 bridgehead atoms. The van der Waals surface area contributed by atoms with Crippen LogP contribution < -0.4 is 5.32 Å². The zero-order chi connectivity index (χ0) is 14.7. The van der Waals surface area contributed by atoms with Gasteiger partial charge >= 0.3 is 0 Å². The molecule has 114 valence electrons. The highest BCUT2D eigenvalue weighted by atomic mass is 35.5. The lowest BCUT2D eigenvalue weighted by Crippen LogP contribution is -2.41. The molecule has 0 aliphatic carbocycles. The van der Waals surface area contributed by atoms with E-state index < -0.39 is 0 Å². The molecule has 1 aliphatic heterocycles. The van der Waals surface area contributed by atoms with Crippen molar-refractivity contribution in [2.75, 3.05) is 19.6 Å². The van der Waals surface area contributed by atoms with Gasteiger partial charge in [-0.25, -0.2) is 0 Å². The van der Waals surface area contributed by atoms with Gasteiger partial charge in [0.05, 0.1) is 16.4 Å². The van der Waals surface area contributed by atoms with Crippen LogP contribution in [0.4, 0.5) is 0 Å². The Morgan fingerprint density at radius 2 is 2.25 bits per heavy atom. The maximum atomic E-state index is 6.38. The van der Waals surface area contributed by atoms with Gasteiger partial charge in [-0.05, 0) is 52.6 Å².